The Hall–Kier alpha value is -1.59. The van der Waals surface area contributed by atoms with Crippen LogP contribution in [0.15, 0.2) is 41.1 Å². The van der Waals surface area contributed by atoms with Crippen LogP contribution in [0.5, 0.6) is 0 Å². The van der Waals surface area contributed by atoms with Crippen LogP contribution < -0.4 is 4.90 Å². The highest BCUT2D eigenvalue weighted by molar-refractivity contribution is 9.10. The van der Waals surface area contributed by atoms with Crippen LogP contribution >= 0.6 is 27.5 Å². The molecule has 2 aromatic heterocycles. The molecule has 0 aliphatic carbocycles. The molecule has 0 atom stereocenters. The van der Waals surface area contributed by atoms with Gasteiger partial charge in [-0.15, -0.1) is 0 Å². The molecule has 21 heavy (non-hydrogen) atoms. The highest BCUT2D eigenvalue weighted by Gasteiger charge is 2.09. The summed E-state index contributed by atoms with van der Waals surface area (Å²) >= 11 is 9.72. The molecule has 3 aromatic rings. The van der Waals surface area contributed by atoms with Gasteiger partial charge in [0.25, 0.3) is 0 Å². The summed E-state index contributed by atoms with van der Waals surface area (Å²) in [7, 11) is 3.98. The number of aryl methyl sites for hydroxylation is 1. The Bertz CT molecular complexity index is 799. The van der Waals surface area contributed by atoms with Crippen molar-refractivity contribution >= 4 is 44.3 Å². The molecule has 0 unspecified atom stereocenters. The smallest absolute Gasteiger partial charge is 0.129 e. The third-order valence-electron chi connectivity index (χ3n) is 3.39. The van der Waals surface area contributed by atoms with Crippen LogP contribution in [-0.4, -0.2) is 21.6 Å². The molecule has 1 aromatic carbocycles. The first kappa shape index (κ1) is 14.4. The molecule has 0 saturated heterocycles. The van der Waals surface area contributed by atoms with Gasteiger partial charge < -0.3 is 9.47 Å². The van der Waals surface area contributed by atoms with E-state index >= 15 is 0 Å². The predicted octanol–water partition coefficient (Wildman–Crippen LogP) is 4.02. The van der Waals surface area contributed by atoms with Gasteiger partial charge >= 0.3 is 0 Å². The largest absolute Gasteiger partial charge is 0.352 e. The molecule has 2 heterocycles. The van der Waals surface area contributed by atoms with Crippen LogP contribution in [0.4, 0.5) is 5.82 Å². The van der Waals surface area contributed by atoms with E-state index in [1.54, 1.807) is 6.20 Å². The molecule has 0 amide bonds. The number of rotatable bonds is 3. The topological polar surface area (TPSA) is 34.0 Å². The molecule has 0 N–H and O–H groups in total. The number of aromatic nitrogens is 3. The minimum absolute atomic E-state index is 0.645. The second-order valence-electron chi connectivity index (χ2n) is 4.94. The van der Waals surface area contributed by atoms with Gasteiger partial charge in [0.05, 0.1) is 17.1 Å². The fraction of sp³-hybridized carbons (Fsp3) is 0.200. The molecule has 3 rings (SSSR count). The molecule has 0 radical (unpaired) electrons. The second kappa shape index (κ2) is 5.66. The van der Waals surface area contributed by atoms with Crippen LogP contribution in [0.3, 0.4) is 0 Å². The normalized spacial score (nSPS) is 11.0. The SMILES string of the molecule is CN(Cc1nccn1C)c1ccc2cc(Br)cc(Cl)c2n1. The maximum Gasteiger partial charge on any atom is 0.129 e. The summed E-state index contributed by atoms with van der Waals surface area (Å²) in [6.07, 6.45) is 3.73. The summed E-state index contributed by atoms with van der Waals surface area (Å²) in [5.41, 5.74) is 0.809. The molecule has 0 aliphatic heterocycles. The minimum atomic E-state index is 0.645. The number of hydrogen-bond acceptors (Lipinski definition) is 3. The van der Waals surface area contributed by atoms with Crippen molar-refractivity contribution < 1.29 is 0 Å². The van der Waals surface area contributed by atoms with E-state index in [4.69, 9.17) is 11.6 Å². The van der Waals surface area contributed by atoms with Crippen LogP contribution in [0, 0.1) is 0 Å². The van der Waals surface area contributed by atoms with E-state index in [1.165, 1.54) is 0 Å². The maximum atomic E-state index is 6.28. The van der Waals surface area contributed by atoms with Gasteiger partial charge in [-0.1, -0.05) is 27.5 Å². The third kappa shape index (κ3) is 2.89. The van der Waals surface area contributed by atoms with E-state index in [0.717, 1.165) is 27.0 Å². The van der Waals surface area contributed by atoms with Gasteiger partial charge in [0.1, 0.15) is 11.6 Å². The van der Waals surface area contributed by atoms with Crippen LogP contribution in [0.25, 0.3) is 10.9 Å². The van der Waals surface area contributed by atoms with Crippen molar-refractivity contribution in [1.82, 2.24) is 14.5 Å². The highest BCUT2D eigenvalue weighted by atomic mass is 79.9. The van der Waals surface area contributed by atoms with Gasteiger partial charge in [-0.25, -0.2) is 9.97 Å². The van der Waals surface area contributed by atoms with E-state index in [1.807, 2.05) is 49.1 Å². The number of pyridine rings is 1. The lowest BCUT2D eigenvalue weighted by atomic mass is 10.2. The quantitative estimate of drug-likeness (QED) is 0.703. The van der Waals surface area contributed by atoms with Crippen molar-refractivity contribution in [3.05, 3.63) is 52.0 Å². The van der Waals surface area contributed by atoms with Crippen molar-refractivity contribution in [2.24, 2.45) is 7.05 Å². The lowest BCUT2D eigenvalue weighted by Gasteiger charge is -2.18. The summed E-state index contributed by atoms with van der Waals surface area (Å²) in [4.78, 5) is 11.1. The lowest BCUT2D eigenvalue weighted by Crippen LogP contribution is -2.20. The van der Waals surface area contributed by atoms with Crippen molar-refractivity contribution in [2.75, 3.05) is 11.9 Å². The fourth-order valence-electron chi connectivity index (χ4n) is 2.20. The summed E-state index contributed by atoms with van der Waals surface area (Å²) < 4.78 is 2.96. The van der Waals surface area contributed by atoms with Crippen molar-refractivity contribution in [3.63, 3.8) is 0 Å². The van der Waals surface area contributed by atoms with E-state index < -0.39 is 0 Å². The average Bonchev–Trinajstić information content (AvgIpc) is 2.83. The van der Waals surface area contributed by atoms with Crippen LogP contribution in [-0.2, 0) is 13.6 Å². The Kier molecular flexibility index (Phi) is 3.87. The van der Waals surface area contributed by atoms with Gasteiger partial charge in [0.15, 0.2) is 0 Å². The Morgan fingerprint density at radius 1 is 1.33 bits per heavy atom. The second-order valence-corrected chi connectivity index (χ2v) is 6.26. The van der Waals surface area contributed by atoms with E-state index in [9.17, 15) is 0 Å². The molecule has 108 valence electrons. The molecule has 0 fully saturated rings. The summed E-state index contributed by atoms with van der Waals surface area (Å²) in [5, 5.41) is 1.66. The number of halogens is 2. The predicted molar refractivity (Wildman–Crippen MR) is 89.8 cm³/mol. The molecule has 0 spiro atoms. The zero-order valence-corrected chi connectivity index (χ0v) is 14.1. The van der Waals surface area contributed by atoms with Gasteiger partial charge in [-0.3, -0.25) is 0 Å². The zero-order valence-electron chi connectivity index (χ0n) is 11.7. The van der Waals surface area contributed by atoms with Gasteiger partial charge in [-0.05, 0) is 24.3 Å². The average molecular weight is 366 g/mol. The molecular formula is C15H14BrClN4. The maximum absolute atomic E-state index is 6.28. The first-order valence-corrected chi connectivity index (χ1v) is 7.65. The highest BCUT2D eigenvalue weighted by Crippen LogP contribution is 2.28. The Labute approximate surface area is 136 Å². The molecule has 0 bridgehead atoms. The fourth-order valence-corrected chi connectivity index (χ4v) is 3.08. The third-order valence-corrected chi connectivity index (χ3v) is 4.13. The van der Waals surface area contributed by atoms with E-state index in [0.29, 0.717) is 11.6 Å². The number of benzene rings is 1. The number of imidazole rings is 1. The van der Waals surface area contributed by atoms with Crippen LogP contribution in [0.2, 0.25) is 5.02 Å². The van der Waals surface area contributed by atoms with E-state index in [-0.39, 0.29) is 0 Å². The van der Waals surface area contributed by atoms with Crippen molar-refractivity contribution in [3.8, 4) is 0 Å². The van der Waals surface area contributed by atoms with E-state index in [2.05, 4.69) is 30.8 Å². The summed E-state index contributed by atoms with van der Waals surface area (Å²) in [6, 6.07) is 7.90. The van der Waals surface area contributed by atoms with Gasteiger partial charge in [0.2, 0.25) is 0 Å². The summed E-state index contributed by atoms with van der Waals surface area (Å²) in [6.45, 7) is 0.691. The summed E-state index contributed by atoms with van der Waals surface area (Å²) in [5.74, 6) is 1.86. The minimum Gasteiger partial charge on any atom is -0.352 e. The lowest BCUT2D eigenvalue weighted by molar-refractivity contribution is 0.756. The molecule has 4 nitrogen and oxygen atoms in total. The molecular weight excluding hydrogens is 352 g/mol. The Morgan fingerprint density at radius 3 is 2.86 bits per heavy atom. The first-order valence-electron chi connectivity index (χ1n) is 6.48. The first-order chi connectivity index (χ1) is 10.0. The molecule has 0 saturated carbocycles. The van der Waals surface area contributed by atoms with Gasteiger partial charge in [0, 0.05) is 36.3 Å². The molecule has 6 heteroatoms. The van der Waals surface area contributed by atoms with Crippen LogP contribution in [0.1, 0.15) is 5.82 Å². The number of anilines is 1. The van der Waals surface area contributed by atoms with Crippen molar-refractivity contribution in [2.45, 2.75) is 6.54 Å². The monoisotopic (exact) mass is 364 g/mol. The number of nitrogens with zero attached hydrogens (tertiary/aromatic N) is 4. The molecule has 0 aliphatic rings. The number of hydrogen-bond donors (Lipinski definition) is 0. The Balaban J connectivity index is 1.95. The van der Waals surface area contributed by atoms with Gasteiger partial charge in [-0.2, -0.15) is 0 Å². The Morgan fingerprint density at radius 2 is 2.14 bits per heavy atom. The number of fused-ring (bicyclic) bond motifs is 1. The zero-order chi connectivity index (χ0) is 15.0. The standard InChI is InChI=1S/C15H14BrClN4/c1-20-6-5-18-14(20)9-21(2)13-4-3-10-7-11(16)8-12(17)15(10)19-13/h3-8H,9H2,1-2H3. The van der Waals surface area contributed by atoms with Crippen molar-refractivity contribution in [1.29, 1.82) is 0 Å².